The summed E-state index contributed by atoms with van der Waals surface area (Å²) in [5.74, 6) is -0.262. The zero-order valence-corrected chi connectivity index (χ0v) is 19.6. The Morgan fingerprint density at radius 2 is 2.03 bits per heavy atom. The van der Waals surface area contributed by atoms with Gasteiger partial charge in [-0.2, -0.15) is 0 Å². The van der Waals surface area contributed by atoms with Crippen LogP contribution in [0, 0.1) is 5.82 Å². The molecule has 1 fully saturated rings. The minimum atomic E-state index is -0.748. The number of rotatable bonds is 9. The van der Waals surface area contributed by atoms with Gasteiger partial charge in [0.25, 0.3) is 0 Å². The van der Waals surface area contributed by atoms with Gasteiger partial charge in [0.05, 0.1) is 11.2 Å². The fourth-order valence-corrected chi connectivity index (χ4v) is 4.41. The fourth-order valence-electron chi connectivity index (χ4n) is 4.23. The molecule has 0 aliphatic heterocycles. The van der Waals surface area contributed by atoms with Crippen LogP contribution in [0.15, 0.2) is 30.7 Å². The van der Waals surface area contributed by atoms with Crippen LogP contribution in [0.2, 0.25) is 5.02 Å². The molecule has 0 amide bonds. The van der Waals surface area contributed by atoms with Crippen molar-refractivity contribution in [1.82, 2.24) is 24.8 Å². The highest BCUT2D eigenvalue weighted by atomic mass is 35.5. The van der Waals surface area contributed by atoms with Crippen LogP contribution in [0.4, 0.5) is 21.8 Å². The van der Waals surface area contributed by atoms with Crippen LogP contribution < -0.4 is 10.6 Å². The lowest BCUT2D eigenvalue weighted by Gasteiger charge is -2.35. The second-order valence-corrected chi connectivity index (χ2v) is 8.94. The maximum absolute atomic E-state index is 13.5. The number of carboxylic acids is 1. The van der Waals surface area contributed by atoms with E-state index in [1.165, 1.54) is 18.5 Å². The number of halogens is 2. The van der Waals surface area contributed by atoms with Gasteiger partial charge in [-0.15, -0.1) is 0 Å². The first-order chi connectivity index (χ1) is 16.4. The van der Waals surface area contributed by atoms with Crippen LogP contribution in [-0.4, -0.2) is 61.6 Å². The molecule has 1 saturated carbocycles. The van der Waals surface area contributed by atoms with Gasteiger partial charge >= 0.3 is 5.97 Å². The van der Waals surface area contributed by atoms with E-state index in [4.69, 9.17) is 16.7 Å². The molecule has 0 bridgehead atoms. The van der Waals surface area contributed by atoms with Gasteiger partial charge in [0.1, 0.15) is 23.2 Å². The molecule has 2 heterocycles. The summed E-state index contributed by atoms with van der Waals surface area (Å²) in [5, 5.41) is 15.4. The zero-order chi connectivity index (χ0) is 24.1. The lowest BCUT2D eigenvalue weighted by molar-refractivity contribution is -0.137. The lowest BCUT2D eigenvalue weighted by Crippen LogP contribution is -2.39. The Bertz CT molecular complexity index is 1160. The number of hydrogen-bond donors (Lipinski definition) is 3. The molecule has 0 saturated heterocycles. The van der Waals surface area contributed by atoms with E-state index in [2.05, 4.69) is 42.5 Å². The van der Waals surface area contributed by atoms with Crippen molar-refractivity contribution in [3.05, 3.63) is 41.6 Å². The van der Waals surface area contributed by atoms with E-state index < -0.39 is 11.8 Å². The predicted molar refractivity (Wildman–Crippen MR) is 129 cm³/mol. The second-order valence-electron chi connectivity index (χ2n) is 8.53. The Morgan fingerprint density at radius 1 is 1.24 bits per heavy atom. The molecular weight excluding hydrogens is 461 g/mol. The SMILES string of the molecule is CN(CCCC(=O)O)[C@H]1CC[C@H](Nc2ncc3ncnc(Nc4ccc(F)c(Cl)c4)c3n2)CC1. The topological polar surface area (TPSA) is 116 Å². The molecule has 0 radical (unpaired) electrons. The van der Waals surface area contributed by atoms with Gasteiger partial charge in [-0.25, -0.2) is 24.3 Å². The third kappa shape index (κ3) is 6.06. The van der Waals surface area contributed by atoms with Crippen molar-refractivity contribution in [2.24, 2.45) is 0 Å². The molecule has 3 aromatic rings. The third-order valence-corrected chi connectivity index (χ3v) is 6.40. The van der Waals surface area contributed by atoms with Crippen molar-refractivity contribution >= 4 is 46.1 Å². The molecule has 34 heavy (non-hydrogen) atoms. The first-order valence-corrected chi connectivity index (χ1v) is 11.6. The van der Waals surface area contributed by atoms with E-state index in [0.717, 1.165) is 32.2 Å². The molecular formula is C23H27ClFN7O2. The first kappa shape index (κ1) is 24.0. The van der Waals surface area contributed by atoms with E-state index in [9.17, 15) is 9.18 Å². The Balaban J connectivity index is 1.39. The molecule has 1 aromatic carbocycles. The molecule has 1 aliphatic rings. The van der Waals surface area contributed by atoms with Crippen molar-refractivity contribution < 1.29 is 14.3 Å². The summed E-state index contributed by atoms with van der Waals surface area (Å²) in [4.78, 5) is 30.6. The van der Waals surface area contributed by atoms with Crippen molar-refractivity contribution in [3.8, 4) is 0 Å². The van der Waals surface area contributed by atoms with Gasteiger partial charge in [0.2, 0.25) is 5.95 Å². The standard InChI is InChI=1S/C23H27ClFN7O2/c1-32(10-2-3-20(33)34)16-7-4-14(5-8-16)30-23-26-12-19-21(31-23)22(28-13-27-19)29-15-6-9-18(25)17(24)11-15/h6,9,11-14,16H,2-5,7-8,10H2,1H3,(H,33,34)(H,26,30,31)(H,27,28,29)/t14-,16-. The second kappa shape index (κ2) is 10.9. The van der Waals surface area contributed by atoms with E-state index in [1.54, 1.807) is 12.3 Å². The number of carbonyl (C=O) groups is 1. The van der Waals surface area contributed by atoms with Gasteiger partial charge in [0, 0.05) is 24.2 Å². The highest BCUT2D eigenvalue weighted by molar-refractivity contribution is 6.31. The largest absolute Gasteiger partial charge is 0.481 e. The number of anilines is 3. The molecule has 2 aromatic heterocycles. The zero-order valence-electron chi connectivity index (χ0n) is 18.8. The van der Waals surface area contributed by atoms with Crippen LogP contribution in [-0.2, 0) is 4.79 Å². The third-order valence-electron chi connectivity index (χ3n) is 6.11. The number of nitrogens with one attached hydrogen (secondary N) is 2. The highest BCUT2D eigenvalue weighted by Crippen LogP contribution is 2.27. The molecule has 11 heteroatoms. The number of aliphatic carboxylic acids is 1. The molecule has 0 atom stereocenters. The van der Waals surface area contributed by atoms with Gasteiger partial charge < -0.3 is 20.6 Å². The van der Waals surface area contributed by atoms with Gasteiger partial charge in [0.15, 0.2) is 5.82 Å². The summed E-state index contributed by atoms with van der Waals surface area (Å²) < 4.78 is 13.5. The first-order valence-electron chi connectivity index (χ1n) is 11.3. The smallest absolute Gasteiger partial charge is 0.303 e. The van der Waals surface area contributed by atoms with Gasteiger partial charge in [-0.1, -0.05) is 11.6 Å². The van der Waals surface area contributed by atoms with Gasteiger partial charge in [-0.05, 0) is 63.9 Å². The van der Waals surface area contributed by atoms with Crippen LogP contribution in [0.3, 0.4) is 0 Å². The number of hydrogen-bond acceptors (Lipinski definition) is 8. The molecule has 0 spiro atoms. The summed E-state index contributed by atoms with van der Waals surface area (Å²) in [6.45, 7) is 0.790. The Hall–Kier alpha value is -3.11. The van der Waals surface area contributed by atoms with E-state index in [0.29, 0.717) is 40.9 Å². The van der Waals surface area contributed by atoms with Crippen LogP contribution in [0.1, 0.15) is 38.5 Å². The predicted octanol–water partition coefficient (Wildman–Crippen LogP) is 4.48. The van der Waals surface area contributed by atoms with Crippen molar-refractivity contribution in [2.45, 2.75) is 50.6 Å². The number of aromatic nitrogens is 4. The molecule has 3 N–H and O–H groups in total. The van der Waals surface area contributed by atoms with E-state index in [1.807, 2.05) is 0 Å². The molecule has 4 rings (SSSR count). The summed E-state index contributed by atoms with van der Waals surface area (Å²) in [7, 11) is 2.07. The van der Waals surface area contributed by atoms with Crippen molar-refractivity contribution in [2.75, 3.05) is 24.2 Å². The van der Waals surface area contributed by atoms with Crippen LogP contribution in [0.25, 0.3) is 11.0 Å². The number of nitrogens with zero attached hydrogens (tertiary/aromatic N) is 5. The Kier molecular flexibility index (Phi) is 7.69. The quantitative estimate of drug-likeness (QED) is 0.401. The van der Waals surface area contributed by atoms with Crippen LogP contribution >= 0.6 is 11.6 Å². The lowest BCUT2D eigenvalue weighted by atomic mass is 9.90. The average Bonchev–Trinajstić information content (AvgIpc) is 2.82. The Morgan fingerprint density at radius 3 is 2.76 bits per heavy atom. The number of benzene rings is 1. The maximum atomic E-state index is 13.5. The minimum absolute atomic E-state index is 0.0171. The maximum Gasteiger partial charge on any atom is 0.303 e. The number of carboxylic acid groups (broad SMARTS) is 1. The Labute approximate surface area is 201 Å². The monoisotopic (exact) mass is 487 g/mol. The van der Waals surface area contributed by atoms with E-state index in [-0.39, 0.29) is 17.5 Å². The molecule has 1 aliphatic carbocycles. The normalized spacial score (nSPS) is 18.2. The summed E-state index contributed by atoms with van der Waals surface area (Å²) in [6.07, 6.45) is 7.93. The highest BCUT2D eigenvalue weighted by Gasteiger charge is 2.24. The average molecular weight is 488 g/mol. The molecule has 9 nitrogen and oxygen atoms in total. The summed E-state index contributed by atoms with van der Waals surface area (Å²) >= 11 is 5.89. The van der Waals surface area contributed by atoms with Crippen molar-refractivity contribution in [1.29, 1.82) is 0 Å². The molecule has 180 valence electrons. The fraction of sp³-hybridized carbons (Fsp3) is 0.435. The van der Waals surface area contributed by atoms with Crippen molar-refractivity contribution in [3.63, 3.8) is 0 Å². The molecule has 0 unspecified atom stereocenters. The van der Waals surface area contributed by atoms with Gasteiger partial charge in [-0.3, -0.25) is 4.79 Å². The van der Waals surface area contributed by atoms with E-state index >= 15 is 0 Å². The summed E-state index contributed by atoms with van der Waals surface area (Å²) in [6, 6.07) is 5.06. The number of fused-ring (bicyclic) bond motifs is 1. The van der Waals surface area contributed by atoms with Crippen LogP contribution in [0.5, 0.6) is 0 Å². The minimum Gasteiger partial charge on any atom is -0.481 e. The summed E-state index contributed by atoms with van der Waals surface area (Å²) in [5.41, 5.74) is 1.72.